The van der Waals surface area contributed by atoms with E-state index >= 15 is 4.79 Å². The van der Waals surface area contributed by atoms with Crippen molar-refractivity contribution in [2.45, 2.75) is 198 Å². The molecule has 7 atom stereocenters. The van der Waals surface area contributed by atoms with Crippen LogP contribution in [-0.2, 0) is 34.6 Å². The van der Waals surface area contributed by atoms with Crippen molar-refractivity contribution in [3.05, 3.63) is 34.4 Å². The Morgan fingerprint density at radius 2 is 1.40 bits per heavy atom. The average molecular weight is 717 g/mol. The zero-order chi connectivity index (χ0) is 36.0. The van der Waals surface area contributed by atoms with Crippen LogP contribution >= 0.6 is 0 Å². The molecule has 1 aromatic rings. The molecule has 6 nitrogen and oxygen atoms in total. The van der Waals surface area contributed by atoms with Crippen molar-refractivity contribution in [2.24, 2.45) is 5.92 Å². The number of hydrogen-bond donors (Lipinski definition) is 0. The van der Waals surface area contributed by atoms with Gasteiger partial charge in [-0.3, -0.25) is 4.79 Å². The Balaban J connectivity index is 1.69. The fourth-order valence-corrected chi connectivity index (χ4v) is 14.0. The standard InChI is InChI=1S/C39H68O6Si3/c1-17-48(18-2,19-3)44-30-24-28-33(45-47(15,16)37(7,8)9)32(40)31-26-21-23-29(43-46(13,14)36(4,5)6)25(26)20-22-27(31)39(28,12)35-34(30)41-38(10,11)42-35/h20,22,28-30,33-35H,17-19,21,23-24H2,1-16H3/t28-,29?,30+,33+,34+,35+,39+/m0/s1. The second-order valence-electron chi connectivity index (χ2n) is 19.2. The molecule has 1 heterocycles. The number of fused-ring (bicyclic) bond motifs is 7. The van der Waals surface area contributed by atoms with E-state index in [0.717, 1.165) is 48.5 Å². The number of benzene rings is 1. The lowest BCUT2D eigenvalue weighted by atomic mass is 9.54. The summed E-state index contributed by atoms with van der Waals surface area (Å²) in [4.78, 5) is 15.3. The van der Waals surface area contributed by atoms with Crippen LogP contribution in [0, 0.1) is 5.92 Å². The first kappa shape index (κ1) is 38.6. The minimum atomic E-state index is -2.35. The van der Waals surface area contributed by atoms with Crippen LogP contribution in [0.1, 0.15) is 129 Å². The highest BCUT2D eigenvalue weighted by Crippen LogP contribution is 2.59. The van der Waals surface area contributed by atoms with E-state index < -0.39 is 42.3 Å². The zero-order valence-corrected chi connectivity index (χ0v) is 36.3. The van der Waals surface area contributed by atoms with E-state index in [1.165, 1.54) is 11.1 Å². The monoisotopic (exact) mass is 716 g/mol. The van der Waals surface area contributed by atoms with Crippen molar-refractivity contribution >= 4 is 30.7 Å². The normalized spacial score (nSPS) is 32.1. The molecule has 0 radical (unpaired) electrons. The first-order chi connectivity index (χ1) is 21.9. The molecule has 0 aromatic heterocycles. The predicted molar refractivity (Wildman–Crippen MR) is 204 cm³/mol. The third-order valence-corrected chi connectivity index (χ3v) is 27.6. The molecule has 0 bridgehead atoms. The number of carbonyl (C=O) groups is 1. The maximum absolute atomic E-state index is 15.3. The van der Waals surface area contributed by atoms with E-state index in [1.54, 1.807) is 0 Å². The molecule has 1 saturated carbocycles. The van der Waals surface area contributed by atoms with Gasteiger partial charge in [0.25, 0.3) is 0 Å². The summed E-state index contributed by atoms with van der Waals surface area (Å²) < 4.78 is 35.5. The van der Waals surface area contributed by atoms with Gasteiger partial charge in [0.2, 0.25) is 0 Å². The van der Waals surface area contributed by atoms with Gasteiger partial charge in [-0.1, -0.05) is 81.4 Å². The number of carbonyl (C=O) groups excluding carboxylic acids is 1. The van der Waals surface area contributed by atoms with Gasteiger partial charge in [0.15, 0.2) is 36.5 Å². The number of ketones is 1. The quantitative estimate of drug-likeness (QED) is 0.237. The first-order valence-corrected chi connectivity index (χ1v) is 27.3. The first-order valence-electron chi connectivity index (χ1n) is 19.0. The van der Waals surface area contributed by atoms with Crippen molar-refractivity contribution in [1.29, 1.82) is 0 Å². The SMILES string of the molecule is CC[Si](CC)(CC)O[C@@H]1C[C@H]2[C@@H](O[Si](C)(C)C(C)(C)C)C(=O)c3c(ccc4c3CCC4O[Si](C)(C)C(C)(C)C)[C@@]2(C)[C@@H]2OC(C)(C)O[C@@H]21. The van der Waals surface area contributed by atoms with E-state index in [-0.39, 0.29) is 46.2 Å². The minimum Gasteiger partial charge on any atom is -0.411 e. The number of Topliss-reactive ketones (excluding diaryl/α,β-unsaturated/α-hetero) is 1. The smallest absolute Gasteiger partial charge is 0.193 e. The van der Waals surface area contributed by atoms with Crippen LogP contribution in [0.3, 0.4) is 0 Å². The maximum Gasteiger partial charge on any atom is 0.193 e. The van der Waals surface area contributed by atoms with E-state index in [0.29, 0.717) is 0 Å². The van der Waals surface area contributed by atoms with Crippen LogP contribution in [0.4, 0.5) is 0 Å². The fraction of sp³-hybridized carbons (Fsp3) is 0.821. The second kappa shape index (κ2) is 12.5. The largest absolute Gasteiger partial charge is 0.411 e. The topological polar surface area (TPSA) is 63.2 Å². The summed E-state index contributed by atoms with van der Waals surface area (Å²) in [5.41, 5.74) is 3.87. The molecule has 1 aliphatic heterocycles. The van der Waals surface area contributed by atoms with Crippen LogP contribution in [0.2, 0.25) is 54.4 Å². The van der Waals surface area contributed by atoms with Crippen molar-refractivity contribution in [3.63, 3.8) is 0 Å². The molecule has 3 aliphatic carbocycles. The average Bonchev–Trinajstić information content (AvgIpc) is 3.53. The highest BCUT2D eigenvalue weighted by Gasteiger charge is 2.67. The Bertz CT molecular complexity index is 1380. The molecule has 272 valence electrons. The van der Waals surface area contributed by atoms with Crippen LogP contribution in [0.5, 0.6) is 0 Å². The molecule has 2 fully saturated rings. The molecular formula is C39H68O6Si3. The van der Waals surface area contributed by atoms with E-state index in [1.807, 2.05) is 13.8 Å². The Labute approximate surface area is 296 Å². The Hall–Kier alpha value is -0.659. The molecule has 1 saturated heterocycles. The number of rotatable bonds is 9. The Morgan fingerprint density at radius 3 is 1.94 bits per heavy atom. The van der Waals surface area contributed by atoms with Gasteiger partial charge in [0, 0.05) is 16.9 Å². The molecule has 0 spiro atoms. The summed E-state index contributed by atoms with van der Waals surface area (Å²) in [7, 11) is -6.37. The van der Waals surface area contributed by atoms with Crippen molar-refractivity contribution in [2.75, 3.05) is 0 Å². The minimum absolute atomic E-state index is 0.0152. The summed E-state index contributed by atoms with van der Waals surface area (Å²) in [6.07, 6.45) is 1.32. The Kier molecular flexibility index (Phi) is 10.0. The number of hydrogen-bond acceptors (Lipinski definition) is 6. The third-order valence-electron chi connectivity index (χ3n) is 14.0. The second-order valence-corrected chi connectivity index (χ2v) is 33.4. The molecule has 0 amide bonds. The zero-order valence-electron chi connectivity index (χ0n) is 33.3. The van der Waals surface area contributed by atoms with Crippen LogP contribution in [-0.4, -0.2) is 60.9 Å². The lowest BCUT2D eigenvalue weighted by Crippen LogP contribution is -2.66. The summed E-state index contributed by atoms with van der Waals surface area (Å²) in [6.45, 7) is 36.2. The Morgan fingerprint density at radius 1 is 0.833 bits per heavy atom. The van der Waals surface area contributed by atoms with Gasteiger partial charge in [-0.25, -0.2) is 0 Å². The summed E-state index contributed by atoms with van der Waals surface area (Å²) in [5, 5.41) is 0.0696. The molecule has 0 N–H and O–H groups in total. The van der Waals surface area contributed by atoms with Crippen molar-refractivity contribution in [1.82, 2.24) is 0 Å². The lowest BCUT2D eigenvalue weighted by Gasteiger charge is -2.57. The highest BCUT2D eigenvalue weighted by atomic mass is 28.4. The summed E-state index contributed by atoms with van der Waals surface area (Å²) >= 11 is 0. The van der Waals surface area contributed by atoms with Gasteiger partial charge in [0.05, 0.1) is 18.3 Å². The van der Waals surface area contributed by atoms with Crippen LogP contribution < -0.4 is 0 Å². The van der Waals surface area contributed by atoms with Gasteiger partial charge in [-0.2, -0.15) is 0 Å². The van der Waals surface area contributed by atoms with Crippen LogP contribution in [0.25, 0.3) is 0 Å². The third kappa shape index (κ3) is 6.26. The van der Waals surface area contributed by atoms with E-state index in [2.05, 4.69) is 108 Å². The summed E-state index contributed by atoms with van der Waals surface area (Å²) in [5.74, 6) is -0.686. The lowest BCUT2D eigenvalue weighted by molar-refractivity contribution is -0.155. The van der Waals surface area contributed by atoms with Gasteiger partial charge in [0.1, 0.15) is 12.2 Å². The van der Waals surface area contributed by atoms with Crippen molar-refractivity contribution in [3.8, 4) is 0 Å². The molecule has 9 heteroatoms. The fourth-order valence-electron chi connectivity index (χ4n) is 8.60. The maximum atomic E-state index is 15.3. The van der Waals surface area contributed by atoms with E-state index in [9.17, 15) is 0 Å². The highest BCUT2D eigenvalue weighted by molar-refractivity contribution is 6.75. The van der Waals surface area contributed by atoms with Gasteiger partial charge in [-0.05, 0) is 104 Å². The molecule has 48 heavy (non-hydrogen) atoms. The van der Waals surface area contributed by atoms with E-state index in [4.69, 9.17) is 22.8 Å². The number of ether oxygens (including phenoxy) is 2. The van der Waals surface area contributed by atoms with Crippen molar-refractivity contribution < 1.29 is 27.5 Å². The summed E-state index contributed by atoms with van der Waals surface area (Å²) in [6, 6.07) is 7.73. The molecule has 1 unspecified atom stereocenters. The molecule has 4 aliphatic rings. The van der Waals surface area contributed by atoms with Crippen LogP contribution in [0.15, 0.2) is 12.1 Å². The molecule has 1 aromatic carbocycles. The molecular weight excluding hydrogens is 649 g/mol. The van der Waals surface area contributed by atoms with Gasteiger partial charge < -0.3 is 22.8 Å². The van der Waals surface area contributed by atoms with Gasteiger partial charge in [-0.15, -0.1) is 0 Å². The predicted octanol–water partition coefficient (Wildman–Crippen LogP) is 10.5. The molecule has 5 rings (SSSR count). The van der Waals surface area contributed by atoms with Gasteiger partial charge >= 0.3 is 0 Å².